The molecular formula is C16H22N2. The average Bonchev–Trinajstić information content (AvgIpc) is 2.28. The van der Waals surface area contributed by atoms with Crippen molar-refractivity contribution >= 4 is 0 Å². The molecule has 1 saturated heterocycles. The van der Waals surface area contributed by atoms with Gasteiger partial charge in [0.2, 0.25) is 0 Å². The van der Waals surface area contributed by atoms with Crippen molar-refractivity contribution in [2.75, 3.05) is 13.1 Å². The molecule has 1 aliphatic rings. The average molecular weight is 242 g/mol. The lowest BCUT2D eigenvalue weighted by molar-refractivity contribution is 0.117. The van der Waals surface area contributed by atoms with Crippen LogP contribution in [-0.4, -0.2) is 18.0 Å². The number of benzene rings is 1. The summed E-state index contributed by atoms with van der Waals surface area (Å²) in [5, 5.41) is 9.50. The zero-order chi connectivity index (χ0) is 13.1. The maximum Gasteiger partial charge on any atom is 0.123 e. The Morgan fingerprint density at radius 2 is 1.94 bits per heavy atom. The zero-order valence-electron chi connectivity index (χ0n) is 11.6. The van der Waals surface area contributed by atoms with E-state index in [2.05, 4.69) is 49.9 Å². The van der Waals surface area contributed by atoms with Gasteiger partial charge in [0.15, 0.2) is 0 Å². The predicted octanol–water partition coefficient (Wildman–Crippen LogP) is 3.54. The Labute approximate surface area is 110 Å². The van der Waals surface area contributed by atoms with Crippen LogP contribution in [0.25, 0.3) is 0 Å². The number of aryl methyl sites for hydroxylation is 1. The van der Waals surface area contributed by atoms with Crippen LogP contribution in [0.5, 0.6) is 0 Å². The van der Waals surface area contributed by atoms with E-state index >= 15 is 0 Å². The second-order valence-corrected chi connectivity index (χ2v) is 5.85. The van der Waals surface area contributed by atoms with Crippen LogP contribution in [0.3, 0.4) is 0 Å². The molecule has 3 atom stereocenters. The molecule has 1 aromatic carbocycles. The van der Waals surface area contributed by atoms with Crippen molar-refractivity contribution in [3.05, 3.63) is 35.4 Å². The predicted molar refractivity (Wildman–Crippen MR) is 74.1 cm³/mol. The molecule has 18 heavy (non-hydrogen) atoms. The maximum absolute atomic E-state index is 9.50. The largest absolute Gasteiger partial charge is 0.284 e. The number of rotatable bonds is 2. The number of likely N-dealkylation sites (tertiary alicyclic amines) is 1. The minimum Gasteiger partial charge on any atom is -0.284 e. The molecule has 3 unspecified atom stereocenters. The summed E-state index contributed by atoms with van der Waals surface area (Å²) in [6.07, 6.45) is 1.28. The lowest BCUT2D eigenvalue weighted by atomic mass is 9.90. The minimum atomic E-state index is -0.0879. The van der Waals surface area contributed by atoms with Gasteiger partial charge in [0, 0.05) is 13.1 Å². The Morgan fingerprint density at radius 1 is 1.28 bits per heavy atom. The third-order valence-electron chi connectivity index (χ3n) is 3.74. The number of hydrogen-bond donors (Lipinski definition) is 0. The van der Waals surface area contributed by atoms with E-state index in [9.17, 15) is 5.26 Å². The molecule has 1 heterocycles. The van der Waals surface area contributed by atoms with Gasteiger partial charge in [0.25, 0.3) is 0 Å². The summed E-state index contributed by atoms with van der Waals surface area (Å²) in [6, 6.07) is 10.7. The number of nitriles is 1. The smallest absolute Gasteiger partial charge is 0.123 e. The van der Waals surface area contributed by atoms with Gasteiger partial charge < -0.3 is 0 Å². The summed E-state index contributed by atoms with van der Waals surface area (Å²) in [5.41, 5.74) is 2.37. The first-order valence-corrected chi connectivity index (χ1v) is 6.80. The second-order valence-electron chi connectivity index (χ2n) is 5.85. The van der Waals surface area contributed by atoms with Crippen LogP contribution < -0.4 is 0 Å². The van der Waals surface area contributed by atoms with Gasteiger partial charge in [-0.05, 0) is 30.7 Å². The van der Waals surface area contributed by atoms with Gasteiger partial charge in [0.1, 0.15) is 6.04 Å². The summed E-state index contributed by atoms with van der Waals surface area (Å²) >= 11 is 0. The molecule has 1 aromatic rings. The highest BCUT2D eigenvalue weighted by molar-refractivity contribution is 5.28. The summed E-state index contributed by atoms with van der Waals surface area (Å²) in [6.45, 7) is 8.73. The summed E-state index contributed by atoms with van der Waals surface area (Å²) in [4.78, 5) is 2.34. The van der Waals surface area contributed by atoms with Gasteiger partial charge in [-0.3, -0.25) is 4.90 Å². The summed E-state index contributed by atoms with van der Waals surface area (Å²) in [5.74, 6) is 1.38. The monoisotopic (exact) mass is 242 g/mol. The third-order valence-corrected chi connectivity index (χ3v) is 3.74. The molecule has 1 fully saturated rings. The van der Waals surface area contributed by atoms with Gasteiger partial charge in [-0.1, -0.05) is 43.7 Å². The Morgan fingerprint density at radius 3 is 2.50 bits per heavy atom. The fourth-order valence-electron chi connectivity index (χ4n) is 3.13. The molecule has 0 aromatic heterocycles. The molecule has 1 aliphatic heterocycles. The molecule has 0 spiro atoms. The highest BCUT2D eigenvalue weighted by Gasteiger charge is 2.28. The Balaban J connectivity index is 2.21. The zero-order valence-corrected chi connectivity index (χ0v) is 11.6. The molecule has 0 bridgehead atoms. The Hall–Kier alpha value is -1.33. The van der Waals surface area contributed by atoms with E-state index in [1.54, 1.807) is 0 Å². The molecule has 0 N–H and O–H groups in total. The molecule has 0 saturated carbocycles. The van der Waals surface area contributed by atoms with Crippen LogP contribution in [-0.2, 0) is 0 Å². The first-order chi connectivity index (χ1) is 8.60. The lowest BCUT2D eigenvalue weighted by Gasteiger charge is -2.37. The highest BCUT2D eigenvalue weighted by Crippen LogP contribution is 2.29. The first-order valence-electron chi connectivity index (χ1n) is 6.80. The number of hydrogen-bond acceptors (Lipinski definition) is 2. The summed E-state index contributed by atoms with van der Waals surface area (Å²) < 4.78 is 0. The van der Waals surface area contributed by atoms with Crippen LogP contribution >= 0.6 is 0 Å². The Kier molecular flexibility index (Phi) is 4.04. The van der Waals surface area contributed by atoms with E-state index in [-0.39, 0.29) is 6.04 Å². The van der Waals surface area contributed by atoms with Crippen molar-refractivity contribution in [2.24, 2.45) is 11.8 Å². The van der Waals surface area contributed by atoms with Gasteiger partial charge in [0.05, 0.1) is 6.07 Å². The first kappa shape index (κ1) is 13.1. The van der Waals surface area contributed by atoms with E-state index in [0.29, 0.717) is 11.8 Å². The molecule has 0 aliphatic carbocycles. The van der Waals surface area contributed by atoms with E-state index in [1.807, 2.05) is 6.07 Å². The van der Waals surface area contributed by atoms with Crippen LogP contribution in [0.2, 0.25) is 0 Å². The standard InChI is InChI=1S/C16H22N2/c1-12-5-4-6-15(8-12)16(9-17)18-10-13(2)7-14(3)11-18/h4-6,8,13-14,16H,7,10-11H2,1-3H3. The number of piperidine rings is 1. The van der Waals surface area contributed by atoms with Crippen molar-refractivity contribution in [2.45, 2.75) is 33.2 Å². The lowest BCUT2D eigenvalue weighted by Crippen LogP contribution is -2.40. The SMILES string of the molecule is Cc1cccc(C(C#N)N2CC(C)CC(C)C2)c1. The second kappa shape index (κ2) is 5.54. The topological polar surface area (TPSA) is 27.0 Å². The molecule has 2 rings (SSSR count). The highest BCUT2D eigenvalue weighted by atomic mass is 15.2. The van der Waals surface area contributed by atoms with Gasteiger partial charge in [-0.25, -0.2) is 0 Å². The van der Waals surface area contributed by atoms with Crippen molar-refractivity contribution in [1.29, 1.82) is 5.26 Å². The fourth-order valence-corrected chi connectivity index (χ4v) is 3.13. The van der Waals surface area contributed by atoms with Gasteiger partial charge >= 0.3 is 0 Å². The van der Waals surface area contributed by atoms with Gasteiger partial charge in [-0.2, -0.15) is 5.26 Å². The molecular weight excluding hydrogens is 220 g/mol. The number of nitrogens with zero attached hydrogens (tertiary/aromatic N) is 2. The molecule has 0 radical (unpaired) electrons. The minimum absolute atomic E-state index is 0.0879. The van der Waals surface area contributed by atoms with Crippen molar-refractivity contribution < 1.29 is 0 Å². The third kappa shape index (κ3) is 2.91. The van der Waals surface area contributed by atoms with E-state index in [1.165, 1.54) is 12.0 Å². The normalized spacial score (nSPS) is 26.6. The Bertz CT molecular complexity index is 437. The van der Waals surface area contributed by atoms with Crippen molar-refractivity contribution in [1.82, 2.24) is 4.90 Å². The molecule has 0 amide bonds. The van der Waals surface area contributed by atoms with E-state index in [4.69, 9.17) is 0 Å². The van der Waals surface area contributed by atoms with Crippen LogP contribution in [0.4, 0.5) is 0 Å². The van der Waals surface area contributed by atoms with Gasteiger partial charge in [-0.15, -0.1) is 0 Å². The maximum atomic E-state index is 9.50. The summed E-state index contributed by atoms with van der Waals surface area (Å²) in [7, 11) is 0. The molecule has 2 heteroatoms. The molecule has 2 nitrogen and oxygen atoms in total. The molecule has 96 valence electrons. The quantitative estimate of drug-likeness (QED) is 0.793. The van der Waals surface area contributed by atoms with E-state index < -0.39 is 0 Å². The van der Waals surface area contributed by atoms with Crippen LogP contribution in [0.15, 0.2) is 24.3 Å². The van der Waals surface area contributed by atoms with Crippen molar-refractivity contribution in [3.8, 4) is 6.07 Å². The van der Waals surface area contributed by atoms with Crippen LogP contribution in [0.1, 0.15) is 37.4 Å². The van der Waals surface area contributed by atoms with E-state index in [0.717, 1.165) is 18.7 Å². The van der Waals surface area contributed by atoms with Crippen LogP contribution in [0, 0.1) is 30.1 Å². The van der Waals surface area contributed by atoms with Crippen molar-refractivity contribution in [3.63, 3.8) is 0 Å². The fraction of sp³-hybridized carbons (Fsp3) is 0.562.